The van der Waals surface area contributed by atoms with Crippen LogP contribution < -0.4 is 0 Å². The number of halogens is 3. The summed E-state index contributed by atoms with van der Waals surface area (Å²) in [6, 6.07) is 0. The summed E-state index contributed by atoms with van der Waals surface area (Å²) < 4.78 is 42.3. The largest absolute Gasteiger partial charge is 0.481 e. The van der Waals surface area contributed by atoms with Crippen LogP contribution in [0.25, 0.3) is 0 Å². The zero-order valence-electron chi connectivity index (χ0n) is 9.39. The van der Waals surface area contributed by atoms with Crippen molar-refractivity contribution in [1.82, 2.24) is 20.2 Å². The molecule has 0 fully saturated rings. The number of nitrogens with zero attached hydrogens (tertiary/aromatic N) is 4. The summed E-state index contributed by atoms with van der Waals surface area (Å²) in [4.78, 5) is 10.5. The molecule has 0 radical (unpaired) electrons. The van der Waals surface area contributed by atoms with E-state index in [0.29, 0.717) is 0 Å². The average Bonchev–Trinajstić information content (AvgIpc) is 2.61. The van der Waals surface area contributed by atoms with Gasteiger partial charge in [-0.25, -0.2) is 4.68 Å². The van der Waals surface area contributed by atoms with Gasteiger partial charge in [-0.15, -0.1) is 5.10 Å². The maximum Gasteiger partial charge on any atom is 0.396 e. The molecular weight excluding hydrogens is 257 g/mol. The molecule has 1 N–H and O–H groups in total. The smallest absolute Gasteiger partial charge is 0.396 e. The zero-order valence-corrected chi connectivity index (χ0v) is 9.39. The fraction of sp³-hybridized carbons (Fsp3) is 0.750. The van der Waals surface area contributed by atoms with Crippen molar-refractivity contribution in [2.75, 3.05) is 7.11 Å². The number of hydrogen-bond donors (Lipinski definition) is 1. The number of hydrogen-bond acceptors (Lipinski definition) is 5. The highest BCUT2D eigenvalue weighted by Gasteiger charge is 2.31. The van der Waals surface area contributed by atoms with Crippen LogP contribution in [0, 0.1) is 0 Å². The lowest BCUT2D eigenvalue weighted by Crippen LogP contribution is -2.25. The van der Waals surface area contributed by atoms with E-state index in [0.717, 1.165) is 4.68 Å². The Balaban J connectivity index is 2.72. The van der Waals surface area contributed by atoms with Crippen molar-refractivity contribution < 1.29 is 27.8 Å². The van der Waals surface area contributed by atoms with E-state index in [4.69, 9.17) is 9.84 Å². The molecule has 0 aliphatic rings. The summed E-state index contributed by atoms with van der Waals surface area (Å²) in [7, 11) is 1.27. The van der Waals surface area contributed by atoms with E-state index < -0.39 is 24.7 Å². The monoisotopic (exact) mass is 268 g/mol. The summed E-state index contributed by atoms with van der Waals surface area (Å²) in [5.41, 5.74) is 0. The van der Waals surface area contributed by atoms with Gasteiger partial charge in [-0.2, -0.15) is 13.2 Å². The topological polar surface area (TPSA) is 90.1 Å². The Morgan fingerprint density at radius 3 is 2.72 bits per heavy atom. The molecular formula is C8H11F3N4O3. The van der Waals surface area contributed by atoms with Gasteiger partial charge in [-0.1, -0.05) is 0 Å². The second kappa shape index (κ2) is 5.76. The molecule has 0 amide bonds. The Kier molecular flexibility index (Phi) is 4.59. The molecule has 10 heteroatoms. The van der Waals surface area contributed by atoms with Crippen LogP contribution in [0.5, 0.6) is 0 Å². The minimum Gasteiger partial charge on any atom is -0.481 e. The second-order valence-electron chi connectivity index (χ2n) is 3.52. The average molecular weight is 268 g/mol. The van der Waals surface area contributed by atoms with Crippen LogP contribution in [0.4, 0.5) is 13.2 Å². The number of carboxylic acid groups (broad SMARTS) is 1. The number of methoxy groups -OCH3 is 1. The van der Waals surface area contributed by atoms with Gasteiger partial charge in [-0.05, 0) is 10.4 Å². The van der Waals surface area contributed by atoms with E-state index in [1.54, 1.807) is 0 Å². The third-order valence-corrected chi connectivity index (χ3v) is 2.08. The minimum atomic E-state index is -4.43. The first-order chi connectivity index (χ1) is 8.31. The van der Waals surface area contributed by atoms with E-state index in [-0.39, 0.29) is 18.8 Å². The van der Waals surface area contributed by atoms with Crippen molar-refractivity contribution in [2.24, 2.45) is 0 Å². The number of alkyl halides is 3. The van der Waals surface area contributed by atoms with Gasteiger partial charge in [-0.3, -0.25) is 4.79 Å². The van der Waals surface area contributed by atoms with Gasteiger partial charge in [0, 0.05) is 7.11 Å². The SMILES string of the molecule is COC(CC(=O)O)Cn1nnnc1CC(F)(F)F. The molecule has 1 aromatic rings. The van der Waals surface area contributed by atoms with Crippen molar-refractivity contribution in [2.45, 2.75) is 31.7 Å². The van der Waals surface area contributed by atoms with Crippen LogP contribution in [-0.4, -0.2) is 50.7 Å². The van der Waals surface area contributed by atoms with E-state index in [1.165, 1.54) is 7.11 Å². The Bertz CT molecular complexity index is 407. The predicted octanol–water partition coefficient (Wildman–Crippen LogP) is 0.268. The molecule has 0 bridgehead atoms. The van der Waals surface area contributed by atoms with Crippen LogP contribution in [0.1, 0.15) is 12.2 Å². The first-order valence-corrected chi connectivity index (χ1v) is 4.88. The van der Waals surface area contributed by atoms with Crippen molar-refractivity contribution in [3.8, 4) is 0 Å². The van der Waals surface area contributed by atoms with Gasteiger partial charge >= 0.3 is 12.1 Å². The van der Waals surface area contributed by atoms with Crippen molar-refractivity contribution in [1.29, 1.82) is 0 Å². The quantitative estimate of drug-likeness (QED) is 0.796. The first kappa shape index (κ1) is 14.4. The number of rotatable bonds is 6. The van der Waals surface area contributed by atoms with Crippen molar-refractivity contribution in [3.63, 3.8) is 0 Å². The molecule has 1 unspecified atom stereocenters. The molecule has 0 aromatic carbocycles. The second-order valence-corrected chi connectivity index (χ2v) is 3.52. The molecule has 0 aliphatic carbocycles. The molecule has 1 rings (SSSR count). The number of carbonyl (C=O) groups is 1. The van der Waals surface area contributed by atoms with E-state index in [1.807, 2.05) is 0 Å². The van der Waals surface area contributed by atoms with Crippen LogP contribution in [-0.2, 0) is 22.5 Å². The number of tetrazole rings is 1. The number of ether oxygens (including phenoxy) is 1. The maximum absolute atomic E-state index is 12.2. The lowest BCUT2D eigenvalue weighted by molar-refractivity contribution is -0.140. The molecule has 0 saturated carbocycles. The highest BCUT2D eigenvalue weighted by Crippen LogP contribution is 2.19. The van der Waals surface area contributed by atoms with Gasteiger partial charge in [0.1, 0.15) is 6.42 Å². The lowest BCUT2D eigenvalue weighted by atomic mass is 10.2. The van der Waals surface area contributed by atoms with Gasteiger partial charge < -0.3 is 9.84 Å². The third kappa shape index (κ3) is 4.65. The van der Waals surface area contributed by atoms with Gasteiger partial charge in [0.15, 0.2) is 5.82 Å². The normalized spacial score (nSPS) is 13.6. The molecule has 0 spiro atoms. The molecule has 0 saturated heterocycles. The summed E-state index contributed by atoms with van der Waals surface area (Å²) in [5.74, 6) is -1.50. The predicted molar refractivity (Wildman–Crippen MR) is 50.6 cm³/mol. The molecule has 102 valence electrons. The Morgan fingerprint density at radius 1 is 1.56 bits per heavy atom. The molecule has 1 heterocycles. The third-order valence-electron chi connectivity index (χ3n) is 2.08. The molecule has 1 atom stereocenters. The summed E-state index contributed by atoms with van der Waals surface area (Å²) in [5, 5.41) is 18.3. The van der Waals surface area contributed by atoms with Crippen molar-refractivity contribution >= 4 is 5.97 Å². The van der Waals surface area contributed by atoms with Gasteiger partial charge in [0.25, 0.3) is 0 Å². The number of carboxylic acids is 1. The molecule has 18 heavy (non-hydrogen) atoms. The van der Waals surface area contributed by atoms with E-state index in [2.05, 4.69) is 15.5 Å². The van der Waals surface area contributed by atoms with Crippen LogP contribution in [0.3, 0.4) is 0 Å². The first-order valence-electron chi connectivity index (χ1n) is 4.88. The molecule has 1 aromatic heterocycles. The standard InChI is InChI=1S/C8H11F3N4O3/c1-18-5(2-7(16)17)4-15-6(12-13-14-15)3-8(9,10)11/h5H,2-4H2,1H3,(H,16,17). The van der Waals surface area contributed by atoms with Gasteiger partial charge in [0.2, 0.25) is 0 Å². The van der Waals surface area contributed by atoms with Crippen LogP contribution >= 0.6 is 0 Å². The fourth-order valence-electron chi connectivity index (χ4n) is 1.28. The molecule has 7 nitrogen and oxygen atoms in total. The van der Waals surface area contributed by atoms with Crippen LogP contribution in [0.15, 0.2) is 0 Å². The number of aromatic nitrogens is 4. The van der Waals surface area contributed by atoms with Crippen LogP contribution in [0.2, 0.25) is 0 Å². The summed E-state index contributed by atoms with van der Waals surface area (Å²) in [6.07, 6.45) is -6.84. The van der Waals surface area contributed by atoms with Gasteiger partial charge in [0.05, 0.1) is 19.1 Å². The number of aliphatic carboxylic acids is 1. The van der Waals surface area contributed by atoms with Crippen molar-refractivity contribution in [3.05, 3.63) is 5.82 Å². The Labute approximate surface area is 99.5 Å². The highest BCUT2D eigenvalue weighted by atomic mass is 19.4. The summed E-state index contributed by atoms with van der Waals surface area (Å²) in [6.45, 7) is -0.152. The lowest BCUT2D eigenvalue weighted by Gasteiger charge is -2.14. The maximum atomic E-state index is 12.2. The Morgan fingerprint density at radius 2 is 2.22 bits per heavy atom. The minimum absolute atomic E-state index is 0.152. The zero-order chi connectivity index (χ0) is 13.8. The summed E-state index contributed by atoms with van der Waals surface area (Å²) >= 11 is 0. The van der Waals surface area contributed by atoms with E-state index >= 15 is 0 Å². The van der Waals surface area contributed by atoms with E-state index in [9.17, 15) is 18.0 Å². The Hall–Kier alpha value is -1.71. The fourth-order valence-corrected chi connectivity index (χ4v) is 1.28. The highest BCUT2D eigenvalue weighted by molar-refractivity contribution is 5.67. The molecule has 0 aliphatic heterocycles.